The maximum atomic E-state index is 6.21. The molecule has 0 bridgehead atoms. The summed E-state index contributed by atoms with van der Waals surface area (Å²) in [7, 11) is 2.17. The van der Waals surface area contributed by atoms with E-state index in [1.807, 2.05) is 6.07 Å². The number of halogens is 1. The molecule has 0 amide bonds. The highest BCUT2D eigenvalue weighted by Crippen LogP contribution is 2.21. The average Bonchev–Trinajstić information content (AvgIpc) is 2.85. The summed E-state index contributed by atoms with van der Waals surface area (Å²) in [5.74, 6) is 0. The third-order valence-corrected chi connectivity index (χ3v) is 5.01. The lowest BCUT2D eigenvalue weighted by Crippen LogP contribution is -2.20. The summed E-state index contributed by atoms with van der Waals surface area (Å²) >= 11 is 5.30. The average molecular weight is 353 g/mol. The van der Waals surface area contributed by atoms with Gasteiger partial charge in [-0.3, -0.25) is 0 Å². The summed E-state index contributed by atoms with van der Waals surface area (Å²) in [4.78, 5) is 3.75. The molecule has 4 heteroatoms. The molecule has 0 aliphatic carbocycles. The number of thiophene rings is 1. The van der Waals surface area contributed by atoms with Gasteiger partial charge in [0.05, 0.1) is 0 Å². The zero-order chi connectivity index (χ0) is 14.4. The molecule has 0 saturated heterocycles. The Morgan fingerprint density at radius 1 is 1.30 bits per heavy atom. The molecule has 1 aromatic heterocycles. The molecule has 20 heavy (non-hydrogen) atoms. The van der Waals surface area contributed by atoms with E-state index in [1.54, 1.807) is 11.3 Å². The maximum Gasteiger partial charge on any atom is 0.0325 e. The molecule has 1 heterocycles. The van der Waals surface area contributed by atoms with Gasteiger partial charge in [-0.2, -0.15) is 0 Å². The monoisotopic (exact) mass is 352 g/mol. The first-order valence-electron chi connectivity index (χ1n) is 6.87. The molecule has 1 unspecified atom stereocenters. The van der Waals surface area contributed by atoms with Gasteiger partial charge >= 0.3 is 0 Å². The van der Waals surface area contributed by atoms with Crippen molar-refractivity contribution < 1.29 is 0 Å². The van der Waals surface area contributed by atoms with Crippen LogP contribution in [-0.4, -0.2) is 18.5 Å². The minimum Gasteiger partial charge on any atom is -0.324 e. The molecule has 0 radical (unpaired) electrons. The van der Waals surface area contributed by atoms with Crippen LogP contribution < -0.4 is 5.73 Å². The zero-order valence-electron chi connectivity index (χ0n) is 11.8. The first kappa shape index (κ1) is 15.7. The quantitative estimate of drug-likeness (QED) is 0.798. The van der Waals surface area contributed by atoms with Crippen LogP contribution in [0.2, 0.25) is 0 Å². The van der Waals surface area contributed by atoms with Crippen LogP contribution in [0, 0.1) is 0 Å². The molecule has 108 valence electrons. The van der Waals surface area contributed by atoms with Gasteiger partial charge in [0, 0.05) is 27.3 Å². The van der Waals surface area contributed by atoms with Crippen molar-refractivity contribution in [2.75, 3.05) is 13.6 Å². The number of nitrogens with two attached hydrogens (primary N) is 1. The molecular weight excluding hydrogens is 332 g/mol. The lowest BCUT2D eigenvalue weighted by molar-refractivity contribution is 0.317. The topological polar surface area (TPSA) is 29.3 Å². The fraction of sp³-hybridized carbons (Fsp3) is 0.375. The summed E-state index contributed by atoms with van der Waals surface area (Å²) in [6, 6.07) is 12.7. The fourth-order valence-corrected chi connectivity index (χ4v) is 3.76. The molecule has 2 N–H and O–H groups in total. The van der Waals surface area contributed by atoms with Gasteiger partial charge in [0.2, 0.25) is 0 Å². The summed E-state index contributed by atoms with van der Waals surface area (Å²) in [6.45, 7) is 2.09. The lowest BCUT2D eigenvalue weighted by atomic mass is 10.0. The predicted octanol–water partition coefficient (Wildman–Crippen LogP) is 4.42. The molecular formula is C16H21BrN2S. The zero-order valence-corrected chi connectivity index (χ0v) is 14.2. The number of rotatable bonds is 7. The Labute approximate surface area is 133 Å². The van der Waals surface area contributed by atoms with Crippen molar-refractivity contribution in [1.29, 1.82) is 0 Å². The molecule has 1 aromatic carbocycles. The Kier molecular flexibility index (Phi) is 6.23. The van der Waals surface area contributed by atoms with E-state index >= 15 is 0 Å². The van der Waals surface area contributed by atoms with Crippen molar-refractivity contribution >= 4 is 27.3 Å². The summed E-state index contributed by atoms with van der Waals surface area (Å²) in [5.41, 5.74) is 7.45. The van der Waals surface area contributed by atoms with Crippen LogP contribution in [-0.2, 0) is 6.54 Å². The summed E-state index contributed by atoms with van der Waals surface area (Å²) in [6.07, 6.45) is 2.15. The first-order chi connectivity index (χ1) is 9.65. The van der Waals surface area contributed by atoms with Crippen molar-refractivity contribution in [3.8, 4) is 0 Å². The standard InChI is InChI=1S/C16H21BrN2S/c1-19(11-15-10-14(17)12-20-15)9-5-8-16(18)13-6-3-2-4-7-13/h2-4,6-7,10,12,16H,5,8-9,11,18H2,1H3. The third-order valence-electron chi connectivity index (χ3n) is 3.33. The number of nitrogens with zero attached hydrogens (tertiary/aromatic N) is 1. The smallest absolute Gasteiger partial charge is 0.0325 e. The number of hydrogen-bond acceptors (Lipinski definition) is 3. The van der Waals surface area contributed by atoms with Gasteiger partial charge in [-0.1, -0.05) is 30.3 Å². The van der Waals surface area contributed by atoms with Crippen LogP contribution in [0.15, 0.2) is 46.3 Å². The van der Waals surface area contributed by atoms with E-state index in [9.17, 15) is 0 Å². The van der Waals surface area contributed by atoms with Crippen LogP contribution in [0.3, 0.4) is 0 Å². The Balaban J connectivity index is 1.70. The van der Waals surface area contributed by atoms with Crippen molar-refractivity contribution in [1.82, 2.24) is 4.90 Å². The van der Waals surface area contributed by atoms with E-state index in [0.717, 1.165) is 25.9 Å². The van der Waals surface area contributed by atoms with E-state index in [2.05, 4.69) is 63.6 Å². The third kappa shape index (κ3) is 5.02. The summed E-state index contributed by atoms with van der Waals surface area (Å²) < 4.78 is 1.18. The largest absolute Gasteiger partial charge is 0.324 e. The van der Waals surface area contributed by atoms with Gasteiger partial charge < -0.3 is 10.6 Å². The van der Waals surface area contributed by atoms with Gasteiger partial charge in [-0.05, 0) is 54.0 Å². The molecule has 0 aliphatic heterocycles. The number of benzene rings is 1. The highest BCUT2D eigenvalue weighted by molar-refractivity contribution is 9.10. The van der Waals surface area contributed by atoms with Gasteiger partial charge in [0.25, 0.3) is 0 Å². The SMILES string of the molecule is CN(CCCC(N)c1ccccc1)Cc1cc(Br)cs1. The van der Waals surface area contributed by atoms with E-state index in [1.165, 1.54) is 14.9 Å². The van der Waals surface area contributed by atoms with E-state index in [4.69, 9.17) is 5.73 Å². The molecule has 2 nitrogen and oxygen atoms in total. The van der Waals surface area contributed by atoms with Crippen molar-refractivity contribution in [3.05, 3.63) is 56.7 Å². The van der Waals surface area contributed by atoms with E-state index in [-0.39, 0.29) is 6.04 Å². The minimum absolute atomic E-state index is 0.153. The molecule has 0 spiro atoms. The molecule has 2 aromatic rings. The Morgan fingerprint density at radius 2 is 2.05 bits per heavy atom. The molecule has 0 fully saturated rings. The second kappa shape index (κ2) is 7.93. The minimum atomic E-state index is 0.153. The first-order valence-corrected chi connectivity index (χ1v) is 8.54. The molecule has 2 rings (SSSR count). The molecule has 0 aliphatic rings. The van der Waals surface area contributed by atoms with E-state index < -0.39 is 0 Å². The molecule has 1 atom stereocenters. The fourth-order valence-electron chi connectivity index (χ4n) is 2.23. The number of hydrogen-bond donors (Lipinski definition) is 1. The van der Waals surface area contributed by atoms with Crippen molar-refractivity contribution in [3.63, 3.8) is 0 Å². The van der Waals surface area contributed by atoms with Crippen LogP contribution in [0.4, 0.5) is 0 Å². The van der Waals surface area contributed by atoms with Crippen molar-refractivity contribution in [2.24, 2.45) is 5.73 Å². The van der Waals surface area contributed by atoms with Gasteiger partial charge in [-0.15, -0.1) is 11.3 Å². The highest BCUT2D eigenvalue weighted by atomic mass is 79.9. The van der Waals surface area contributed by atoms with Gasteiger partial charge in [0.15, 0.2) is 0 Å². The second-order valence-corrected chi connectivity index (χ2v) is 7.04. The van der Waals surface area contributed by atoms with Crippen LogP contribution in [0.1, 0.15) is 29.3 Å². The predicted molar refractivity (Wildman–Crippen MR) is 91.0 cm³/mol. The normalized spacial score (nSPS) is 12.8. The lowest BCUT2D eigenvalue weighted by Gasteiger charge is -2.17. The van der Waals surface area contributed by atoms with Crippen LogP contribution in [0.5, 0.6) is 0 Å². The second-order valence-electron chi connectivity index (χ2n) is 5.13. The highest BCUT2D eigenvalue weighted by Gasteiger charge is 2.07. The summed E-state index contributed by atoms with van der Waals surface area (Å²) in [5, 5.41) is 2.13. The van der Waals surface area contributed by atoms with Crippen LogP contribution >= 0.6 is 27.3 Å². The Bertz CT molecular complexity index is 512. The molecule has 0 saturated carbocycles. The Hall–Kier alpha value is -0.680. The maximum absolute atomic E-state index is 6.21. The van der Waals surface area contributed by atoms with Crippen molar-refractivity contribution in [2.45, 2.75) is 25.4 Å². The Morgan fingerprint density at radius 3 is 2.70 bits per heavy atom. The van der Waals surface area contributed by atoms with Gasteiger partial charge in [0.1, 0.15) is 0 Å². The van der Waals surface area contributed by atoms with Gasteiger partial charge in [-0.25, -0.2) is 0 Å². The van der Waals surface area contributed by atoms with E-state index in [0.29, 0.717) is 0 Å². The van der Waals surface area contributed by atoms with Crippen LogP contribution in [0.25, 0.3) is 0 Å².